The van der Waals surface area contributed by atoms with Crippen LogP contribution in [-0.4, -0.2) is 34.7 Å². The molecular weight excluding hydrogens is 266 g/mol. The lowest BCUT2D eigenvalue weighted by atomic mass is 10.1. The molecule has 0 amide bonds. The number of rotatable bonds is 6. The van der Waals surface area contributed by atoms with Gasteiger partial charge in [-0.05, 0) is 37.4 Å². The lowest BCUT2D eigenvalue weighted by molar-refractivity contribution is 0.278. The van der Waals surface area contributed by atoms with Crippen molar-refractivity contribution < 1.29 is 4.52 Å². The van der Waals surface area contributed by atoms with Gasteiger partial charge < -0.3 is 15.2 Å². The Hall–Kier alpha value is -2.23. The minimum absolute atomic E-state index is 0.277. The van der Waals surface area contributed by atoms with Crippen molar-refractivity contribution in [3.8, 4) is 17.5 Å². The molecule has 0 fully saturated rings. The quantitative estimate of drug-likeness (QED) is 0.872. The molecule has 6 heteroatoms. The van der Waals surface area contributed by atoms with Crippen molar-refractivity contribution >= 4 is 0 Å². The summed E-state index contributed by atoms with van der Waals surface area (Å²) < 4.78 is 5.25. The Labute approximate surface area is 124 Å². The van der Waals surface area contributed by atoms with E-state index in [0.29, 0.717) is 23.8 Å². The molecule has 0 saturated carbocycles. The summed E-state index contributed by atoms with van der Waals surface area (Å²) in [5, 5.41) is 12.7. The van der Waals surface area contributed by atoms with Crippen LogP contribution in [0.25, 0.3) is 11.5 Å². The lowest BCUT2D eigenvalue weighted by Crippen LogP contribution is -2.32. The van der Waals surface area contributed by atoms with Crippen molar-refractivity contribution in [1.29, 1.82) is 5.26 Å². The molecule has 0 aliphatic carbocycles. The Balaban J connectivity index is 2.11. The summed E-state index contributed by atoms with van der Waals surface area (Å²) in [7, 11) is 0. The molecule has 0 bridgehead atoms. The molecule has 2 N–H and O–H groups in total. The standard InChI is InChI=1S/C15H19N5O/c1-3-20(4-2)10-13(17)14-18-15(21-19-14)12-7-5-11(9-16)6-8-12/h5-8,13H,3-4,10,17H2,1-2H3. The minimum atomic E-state index is -0.277. The van der Waals surface area contributed by atoms with Crippen LogP contribution in [0.2, 0.25) is 0 Å². The van der Waals surface area contributed by atoms with E-state index in [9.17, 15) is 0 Å². The molecule has 0 saturated heterocycles. The van der Waals surface area contributed by atoms with E-state index in [2.05, 4.69) is 35.0 Å². The van der Waals surface area contributed by atoms with Crippen molar-refractivity contribution in [2.24, 2.45) is 5.73 Å². The molecule has 1 aromatic carbocycles. The fraction of sp³-hybridized carbons (Fsp3) is 0.400. The van der Waals surface area contributed by atoms with Gasteiger partial charge >= 0.3 is 0 Å². The van der Waals surface area contributed by atoms with Crippen LogP contribution in [0.3, 0.4) is 0 Å². The molecule has 2 aromatic rings. The summed E-state index contributed by atoms with van der Waals surface area (Å²) >= 11 is 0. The van der Waals surface area contributed by atoms with E-state index in [1.165, 1.54) is 0 Å². The second kappa shape index (κ2) is 6.97. The first kappa shape index (κ1) is 15.2. The van der Waals surface area contributed by atoms with Gasteiger partial charge in [0.25, 0.3) is 5.89 Å². The fourth-order valence-corrected chi connectivity index (χ4v) is 2.03. The van der Waals surface area contributed by atoms with Crippen LogP contribution in [0.5, 0.6) is 0 Å². The number of hydrogen-bond donors (Lipinski definition) is 1. The van der Waals surface area contributed by atoms with Gasteiger partial charge in [0.15, 0.2) is 5.82 Å². The number of nitrogens with two attached hydrogens (primary N) is 1. The van der Waals surface area contributed by atoms with Gasteiger partial charge in [-0.1, -0.05) is 19.0 Å². The number of aromatic nitrogens is 2. The van der Waals surface area contributed by atoms with E-state index in [1.807, 2.05) is 0 Å². The van der Waals surface area contributed by atoms with Crippen LogP contribution in [0.4, 0.5) is 0 Å². The van der Waals surface area contributed by atoms with E-state index >= 15 is 0 Å². The number of hydrogen-bond acceptors (Lipinski definition) is 6. The maximum Gasteiger partial charge on any atom is 0.257 e. The molecule has 1 atom stereocenters. The first-order chi connectivity index (χ1) is 10.2. The molecule has 0 spiro atoms. The highest BCUT2D eigenvalue weighted by atomic mass is 16.5. The summed E-state index contributed by atoms with van der Waals surface area (Å²) in [6.07, 6.45) is 0. The summed E-state index contributed by atoms with van der Waals surface area (Å²) in [5.74, 6) is 0.922. The van der Waals surface area contributed by atoms with Gasteiger partial charge in [-0.15, -0.1) is 0 Å². The Bertz CT molecular complexity index is 610. The van der Waals surface area contributed by atoms with Gasteiger partial charge in [0.1, 0.15) is 0 Å². The van der Waals surface area contributed by atoms with E-state index in [0.717, 1.165) is 18.7 Å². The first-order valence-corrected chi connectivity index (χ1v) is 7.00. The summed E-state index contributed by atoms with van der Waals surface area (Å²) in [4.78, 5) is 6.56. The van der Waals surface area contributed by atoms with Crippen molar-refractivity contribution in [3.05, 3.63) is 35.7 Å². The highest BCUT2D eigenvalue weighted by Crippen LogP contribution is 2.19. The fourth-order valence-electron chi connectivity index (χ4n) is 2.03. The third-order valence-corrected chi connectivity index (χ3v) is 3.38. The summed E-state index contributed by atoms with van der Waals surface area (Å²) in [6.45, 7) is 6.75. The third-order valence-electron chi connectivity index (χ3n) is 3.38. The topological polar surface area (TPSA) is 92.0 Å². The molecule has 1 unspecified atom stereocenters. The van der Waals surface area contributed by atoms with Gasteiger partial charge in [0.05, 0.1) is 17.7 Å². The van der Waals surface area contributed by atoms with Crippen molar-refractivity contribution in [1.82, 2.24) is 15.0 Å². The molecule has 0 aliphatic heterocycles. The van der Waals surface area contributed by atoms with Crippen LogP contribution in [0.15, 0.2) is 28.8 Å². The lowest BCUT2D eigenvalue weighted by Gasteiger charge is -2.20. The zero-order chi connectivity index (χ0) is 15.2. The number of nitriles is 1. The molecule has 1 aromatic heterocycles. The highest BCUT2D eigenvalue weighted by Gasteiger charge is 2.17. The van der Waals surface area contributed by atoms with E-state index in [-0.39, 0.29) is 6.04 Å². The molecule has 2 rings (SSSR count). The van der Waals surface area contributed by atoms with Crippen LogP contribution < -0.4 is 5.73 Å². The van der Waals surface area contributed by atoms with Crippen LogP contribution in [-0.2, 0) is 0 Å². The molecular formula is C15H19N5O. The Morgan fingerprint density at radius 1 is 1.29 bits per heavy atom. The van der Waals surface area contributed by atoms with Gasteiger partial charge in [-0.25, -0.2) is 0 Å². The van der Waals surface area contributed by atoms with Crippen molar-refractivity contribution in [2.75, 3.05) is 19.6 Å². The molecule has 1 heterocycles. The van der Waals surface area contributed by atoms with E-state index in [1.54, 1.807) is 24.3 Å². The Kier molecular flexibility index (Phi) is 5.04. The largest absolute Gasteiger partial charge is 0.334 e. The molecule has 6 nitrogen and oxygen atoms in total. The SMILES string of the molecule is CCN(CC)CC(N)c1noc(-c2ccc(C#N)cc2)n1. The number of likely N-dealkylation sites (N-methyl/N-ethyl adjacent to an activating group) is 1. The normalized spacial score (nSPS) is 12.3. The Morgan fingerprint density at radius 2 is 1.95 bits per heavy atom. The average Bonchev–Trinajstić information content (AvgIpc) is 3.02. The second-order valence-electron chi connectivity index (χ2n) is 4.74. The van der Waals surface area contributed by atoms with Crippen LogP contribution >= 0.6 is 0 Å². The van der Waals surface area contributed by atoms with E-state index in [4.69, 9.17) is 15.5 Å². The molecule has 21 heavy (non-hydrogen) atoms. The molecule has 0 radical (unpaired) electrons. The van der Waals surface area contributed by atoms with Gasteiger partial charge in [0.2, 0.25) is 0 Å². The number of benzene rings is 1. The van der Waals surface area contributed by atoms with Crippen molar-refractivity contribution in [3.63, 3.8) is 0 Å². The van der Waals surface area contributed by atoms with E-state index < -0.39 is 0 Å². The monoisotopic (exact) mass is 285 g/mol. The first-order valence-electron chi connectivity index (χ1n) is 7.00. The predicted octanol–water partition coefficient (Wildman–Crippen LogP) is 1.95. The number of nitrogens with zero attached hydrogens (tertiary/aromatic N) is 4. The van der Waals surface area contributed by atoms with Crippen LogP contribution in [0.1, 0.15) is 31.3 Å². The van der Waals surface area contributed by atoms with Gasteiger partial charge in [0, 0.05) is 12.1 Å². The predicted molar refractivity (Wildman–Crippen MR) is 79.2 cm³/mol. The summed E-state index contributed by atoms with van der Waals surface area (Å²) in [6, 6.07) is 8.80. The second-order valence-corrected chi connectivity index (χ2v) is 4.74. The maximum absolute atomic E-state index is 8.78. The minimum Gasteiger partial charge on any atom is -0.334 e. The Morgan fingerprint density at radius 3 is 2.52 bits per heavy atom. The third kappa shape index (κ3) is 3.66. The van der Waals surface area contributed by atoms with Crippen molar-refractivity contribution in [2.45, 2.75) is 19.9 Å². The smallest absolute Gasteiger partial charge is 0.257 e. The van der Waals surface area contributed by atoms with Gasteiger partial charge in [-0.3, -0.25) is 0 Å². The van der Waals surface area contributed by atoms with Crippen LogP contribution in [0, 0.1) is 11.3 Å². The highest BCUT2D eigenvalue weighted by molar-refractivity contribution is 5.54. The maximum atomic E-state index is 8.78. The van der Waals surface area contributed by atoms with Gasteiger partial charge in [-0.2, -0.15) is 10.2 Å². The molecule has 0 aliphatic rings. The molecule has 110 valence electrons. The zero-order valence-electron chi connectivity index (χ0n) is 12.3. The average molecular weight is 285 g/mol. The summed E-state index contributed by atoms with van der Waals surface area (Å²) in [5.41, 5.74) is 7.49. The zero-order valence-corrected chi connectivity index (χ0v) is 12.3.